The first kappa shape index (κ1) is 12.6. The summed E-state index contributed by atoms with van der Waals surface area (Å²) in [6, 6.07) is 6.65. The van der Waals surface area contributed by atoms with E-state index < -0.39 is 0 Å². The van der Waals surface area contributed by atoms with Crippen molar-refractivity contribution in [2.45, 2.75) is 32.6 Å². The molecular formula is C14H18N4S. The van der Waals surface area contributed by atoms with Gasteiger partial charge in [0.1, 0.15) is 5.82 Å². The third kappa shape index (κ3) is 2.13. The maximum absolute atomic E-state index is 5.58. The lowest BCUT2D eigenvalue weighted by atomic mass is 10.0. The van der Waals surface area contributed by atoms with Gasteiger partial charge in [-0.15, -0.1) is 10.2 Å². The number of thiazole rings is 1. The van der Waals surface area contributed by atoms with Gasteiger partial charge in [0.25, 0.3) is 0 Å². The highest BCUT2D eigenvalue weighted by Gasteiger charge is 2.12. The van der Waals surface area contributed by atoms with Crippen molar-refractivity contribution in [2.75, 3.05) is 6.54 Å². The number of hydrogen-bond donors (Lipinski definition) is 1. The summed E-state index contributed by atoms with van der Waals surface area (Å²) >= 11 is 1.71. The van der Waals surface area contributed by atoms with E-state index in [4.69, 9.17) is 5.73 Å². The second-order valence-corrected chi connectivity index (χ2v) is 6.12. The molecule has 19 heavy (non-hydrogen) atoms. The van der Waals surface area contributed by atoms with E-state index in [2.05, 4.69) is 46.6 Å². The van der Waals surface area contributed by atoms with Crippen molar-refractivity contribution in [1.82, 2.24) is 14.6 Å². The monoisotopic (exact) mass is 274 g/mol. The second kappa shape index (κ2) is 4.90. The molecule has 0 atom stereocenters. The summed E-state index contributed by atoms with van der Waals surface area (Å²) in [7, 11) is 0. The van der Waals surface area contributed by atoms with Crippen LogP contribution in [0.1, 0.15) is 37.6 Å². The second-order valence-electron chi connectivity index (χ2n) is 5.11. The molecule has 100 valence electrons. The van der Waals surface area contributed by atoms with Gasteiger partial charge >= 0.3 is 0 Å². The number of benzene rings is 1. The Morgan fingerprint density at radius 2 is 2.16 bits per heavy atom. The fourth-order valence-electron chi connectivity index (χ4n) is 2.29. The zero-order valence-electron chi connectivity index (χ0n) is 11.3. The first-order valence-electron chi connectivity index (χ1n) is 6.67. The van der Waals surface area contributed by atoms with Crippen LogP contribution in [0.25, 0.3) is 15.2 Å². The van der Waals surface area contributed by atoms with Crippen molar-refractivity contribution in [3.05, 3.63) is 29.6 Å². The lowest BCUT2D eigenvalue weighted by molar-refractivity contribution is 0.775. The van der Waals surface area contributed by atoms with Gasteiger partial charge in [-0.05, 0) is 36.6 Å². The normalized spacial score (nSPS) is 12.0. The van der Waals surface area contributed by atoms with E-state index in [1.165, 1.54) is 15.8 Å². The van der Waals surface area contributed by atoms with Crippen LogP contribution in [0.5, 0.6) is 0 Å². The van der Waals surface area contributed by atoms with Gasteiger partial charge in [-0.25, -0.2) is 0 Å². The van der Waals surface area contributed by atoms with E-state index in [1.54, 1.807) is 11.3 Å². The highest BCUT2D eigenvalue weighted by atomic mass is 32.1. The minimum absolute atomic E-state index is 0.550. The molecule has 2 heterocycles. The van der Waals surface area contributed by atoms with Crippen molar-refractivity contribution in [2.24, 2.45) is 5.73 Å². The Hall–Kier alpha value is -1.46. The quantitative estimate of drug-likeness (QED) is 0.795. The lowest BCUT2D eigenvalue weighted by Crippen LogP contribution is -2.03. The van der Waals surface area contributed by atoms with E-state index in [9.17, 15) is 0 Å². The molecule has 0 aliphatic carbocycles. The number of hydrogen-bond acceptors (Lipinski definition) is 4. The number of aryl methyl sites for hydroxylation is 1. The topological polar surface area (TPSA) is 56.2 Å². The number of aromatic nitrogens is 3. The standard InChI is InChI=1S/C14H18N4S/c1-9(2)10-5-6-11-12(8-10)19-14-17-16-13(18(11)14)4-3-7-15/h5-6,8-9H,3-4,7,15H2,1-2H3. The van der Waals surface area contributed by atoms with Gasteiger partial charge < -0.3 is 5.73 Å². The van der Waals surface area contributed by atoms with Crippen LogP contribution < -0.4 is 5.73 Å². The van der Waals surface area contributed by atoms with E-state index in [0.29, 0.717) is 12.5 Å². The molecule has 5 heteroatoms. The number of rotatable bonds is 4. The van der Waals surface area contributed by atoms with Gasteiger partial charge in [0.05, 0.1) is 10.2 Å². The summed E-state index contributed by atoms with van der Waals surface area (Å²) in [6.45, 7) is 5.12. The summed E-state index contributed by atoms with van der Waals surface area (Å²) in [5.74, 6) is 1.57. The molecular weight excluding hydrogens is 256 g/mol. The minimum Gasteiger partial charge on any atom is -0.330 e. The van der Waals surface area contributed by atoms with Gasteiger partial charge in [-0.1, -0.05) is 31.3 Å². The smallest absolute Gasteiger partial charge is 0.217 e. The van der Waals surface area contributed by atoms with E-state index >= 15 is 0 Å². The van der Waals surface area contributed by atoms with Gasteiger partial charge in [-0.2, -0.15) is 0 Å². The molecule has 2 N–H and O–H groups in total. The number of nitrogens with zero attached hydrogens (tertiary/aromatic N) is 3. The average molecular weight is 274 g/mol. The van der Waals surface area contributed by atoms with Crippen LogP contribution >= 0.6 is 11.3 Å². The average Bonchev–Trinajstić information content (AvgIpc) is 2.94. The fraction of sp³-hybridized carbons (Fsp3) is 0.429. The Kier molecular flexibility index (Phi) is 3.24. The van der Waals surface area contributed by atoms with E-state index in [1.807, 2.05) is 0 Å². The third-order valence-electron chi connectivity index (χ3n) is 3.40. The van der Waals surface area contributed by atoms with Crippen molar-refractivity contribution >= 4 is 26.5 Å². The maximum Gasteiger partial charge on any atom is 0.217 e. The molecule has 3 rings (SSSR count). The molecule has 0 saturated heterocycles. The molecule has 4 nitrogen and oxygen atoms in total. The Balaban J connectivity index is 2.15. The van der Waals surface area contributed by atoms with E-state index in [-0.39, 0.29) is 0 Å². The van der Waals surface area contributed by atoms with Gasteiger partial charge in [0, 0.05) is 6.42 Å². The molecule has 0 fully saturated rings. The van der Waals surface area contributed by atoms with Crippen LogP contribution in [0.2, 0.25) is 0 Å². The zero-order valence-corrected chi connectivity index (χ0v) is 12.1. The molecule has 0 unspecified atom stereocenters. The Labute approximate surface area is 116 Å². The first-order valence-corrected chi connectivity index (χ1v) is 7.49. The molecule has 0 aliphatic rings. The predicted octanol–water partition coefficient (Wildman–Crippen LogP) is 2.96. The molecule has 0 amide bonds. The van der Waals surface area contributed by atoms with Crippen molar-refractivity contribution < 1.29 is 0 Å². The van der Waals surface area contributed by atoms with Gasteiger partial charge in [0.15, 0.2) is 0 Å². The molecule has 0 bridgehead atoms. The van der Waals surface area contributed by atoms with E-state index in [0.717, 1.165) is 23.6 Å². The number of nitrogens with two attached hydrogens (primary N) is 1. The molecule has 0 saturated carbocycles. The lowest BCUT2D eigenvalue weighted by Gasteiger charge is -2.04. The maximum atomic E-state index is 5.58. The van der Waals surface area contributed by atoms with Crippen LogP contribution in [0, 0.1) is 0 Å². The highest BCUT2D eigenvalue weighted by molar-refractivity contribution is 7.23. The molecule has 3 aromatic rings. The highest BCUT2D eigenvalue weighted by Crippen LogP contribution is 2.29. The van der Waals surface area contributed by atoms with Crippen molar-refractivity contribution in [3.63, 3.8) is 0 Å². The zero-order chi connectivity index (χ0) is 13.4. The Bertz CT molecular complexity index is 711. The van der Waals surface area contributed by atoms with Crippen molar-refractivity contribution in [1.29, 1.82) is 0 Å². The first-order chi connectivity index (χ1) is 9.20. The van der Waals surface area contributed by atoms with Crippen molar-refractivity contribution in [3.8, 4) is 0 Å². The molecule has 0 spiro atoms. The minimum atomic E-state index is 0.550. The summed E-state index contributed by atoms with van der Waals surface area (Å²) < 4.78 is 3.45. The number of fused-ring (bicyclic) bond motifs is 3. The predicted molar refractivity (Wildman–Crippen MR) is 79.8 cm³/mol. The van der Waals surface area contributed by atoms with Crippen LogP contribution in [-0.4, -0.2) is 21.1 Å². The summed E-state index contributed by atoms with van der Waals surface area (Å²) in [5, 5.41) is 8.54. The van der Waals surface area contributed by atoms with Crippen LogP contribution in [0.3, 0.4) is 0 Å². The molecule has 0 aliphatic heterocycles. The summed E-state index contributed by atoms with van der Waals surface area (Å²) in [4.78, 5) is 0.975. The molecule has 1 aromatic carbocycles. The molecule has 2 aromatic heterocycles. The third-order valence-corrected chi connectivity index (χ3v) is 4.39. The van der Waals surface area contributed by atoms with Crippen LogP contribution in [-0.2, 0) is 6.42 Å². The molecule has 0 radical (unpaired) electrons. The largest absolute Gasteiger partial charge is 0.330 e. The Morgan fingerprint density at radius 3 is 2.89 bits per heavy atom. The summed E-state index contributed by atoms with van der Waals surface area (Å²) in [5.41, 5.74) is 8.15. The summed E-state index contributed by atoms with van der Waals surface area (Å²) in [6.07, 6.45) is 1.83. The Morgan fingerprint density at radius 1 is 1.32 bits per heavy atom. The fourth-order valence-corrected chi connectivity index (χ4v) is 3.32. The van der Waals surface area contributed by atoms with Crippen LogP contribution in [0.15, 0.2) is 18.2 Å². The van der Waals surface area contributed by atoms with Gasteiger partial charge in [0.2, 0.25) is 4.96 Å². The van der Waals surface area contributed by atoms with Gasteiger partial charge in [-0.3, -0.25) is 4.40 Å². The van der Waals surface area contributed by atoms with Crippen LogP contribution in [0.4, 0.5) is 0 Å². The SMILES string of the molecule is CC(C)c1ccc2c(c1)sc1nnc(CCCN)n12.